The van der Waals surface area contributed by atoms with Crippen molar-refractivity contribution in [3.8, 4) is 5.75 Å². The Hall–Kier alpha value is -1.71. The fourth-order valence-electron chi connectivity index (χ4n) is 3.96. The van der Waals surface area contributed by atoms with Crippen LogP contribution in [0.3, 0.4) is 0 Å². The van der Waals surface area contributed by atoms with E-state index in [1.807, 2.05) is 18.2 Å². The maximum atomic E-state index is 12.5. The standard InChI is InChI=1S/C26H44N2O6/c1-20(2)10-15-34-25-18-28(21(3)29)13-12-27(17-22-8-7-9-23(16-22)32-4)11-5-6-14-33-19-24(30)26(25)31/h7-9,16,20,24-26,30-31H,5-6,10-15,17-19H2,1-4H3/t24-,25-,26-/m1/s1. The molecule has 194 valence electrons. The molecule has 2 N–H and O–H groups in total. The fourth-order valence-corrected chi connectivity index (χ4v) is 3.96. The Morgan fingerprint density at radius 2 is 2.00 bits per heavy atom. The van der Waals surface area contributed by atoms with Crippen LogP contribution in [0.5, 0.6) is 5.75 Å². The Balaban J connectivity index is 2.13. The molecule has 1 aliphatic rings. The number of hydrogen-bond donors (Lipinski definition) is 2. The highest BCUT2D eigenvalue weighted by Gasteiger charge is 2.30. The van der Waals surface area contributed by atoms with Gasteiger partial charge in [0.1, 0.15) is 24.1 Å². The van der Waals surface area contributed by atoms with E-state index in [9.17, 15) is 15.0 Å². The summed E-state index contributed by atoms with van der Waals surface area (Å²) in [5.41, 5.74) is 1.15. The second kappa shape index (κ2) is 15.3. The van der Waals surface area contributed by atoms with Gasteiger partial charge in [0.2, 0.25) is 5.91 Å². The van der Waals surface area contributed by atoms with Crippen LogP contribution < -0.4 is 4.74 Å². The van der Waals surface area contributed by atoms with Gasteiger partial charge in [-0.15, -0.1) is 0 Å². The lowest BCUT2D eigenvalue weighted by molar-refractivity contribution is -0.140. The average molecular weight is 481 g/mol. The van der Waals surface area contributed by atoms with Crippen molar-refractivity contribution in [2.45, 2.75) is 64.9 Å². The minimum Gasteiger partial charge on any atom is -0.497 e. The van der Waals surface area contributed by atoms with Crippen molar-refractivity contribution >= 4 is 5.91 Å². The van der Waals surface area contributed by atoms with Crippen LogP contribution in [0.15, 0.2) is 24.3 Å². The number of aliphatic hydroxyl groups is 2. The molecular formula is C26H44N2O6. The monoisotopic (exact) mass is 480 g/mol. The lowest BCUT2D eigenvalue weighted by Crippen LogP contribution is -2.50. The van der Waals surface area contributed by atoms with Crippen molar-refractivity contribution in [1.29, 1.82) is 0 Å². The van der Waals surface area contributed by atoms with Gasteiger partial charge in [-0.05, 0) is 49.4 Å². The summed E-state index contributed by atoms with van der Waals surface area (Å²) in [5.74, 6) is 1.20. The largest absolute Gasteiger partial charge is 0.497 e. The van der Waals surface area contributed by atoms with Gasteiger partial charge in [-0.1, -0.05) is 26.0 Å². The molecule has 0 aliphatic carbocycles. The summed E-state index contributed by atoms with van der Waals surface area (Å²) in [6.45, 7) is 9.81. The molecule has 8 nitrogen and oxygen atoms in total. The van der Waals surface area contributed by atoms with Crippen LogP contribution in [0, 0.1) is 5.92 Å². The normalized spacial score (nSPS) is 24.1. The molecule has 1 aromatic rings. The molecule has 8 heteroatoms. The number of carbonyl (C=O) groups is 1. The van der Waals surface area contributed by atoms with E-state index in [1.165, 1.54) is 6.92 Å². The summed E-state index contributed by atoms with van der Waals surface area (Å²) in [4.78, 5) is 16.5. The van der Waals surface area contributed by atoms with Gasteiger partial charge in [0, 0.05) is 46.3 Å². The first kappa shape index (κ1) is 28.5. The number of amides is 1. The summed E-state index contributed by atoms with van der Waals surface area (Å²) in [6, 6.07) is 8.03. The van der Waals surface area contributed by atoms with Gasteiger partial charge in [0.05, 0.1) is 13.7 Å². The van der Waals surface area contributed by atoms with E-state index in [0.29, 0.717) is 32.2 Å². The van der Waals surface area contributed by atoms with Gasteiger partial charge < -0.3 is 29.3 Å². The molecule has 1 saturated heterocycles. The van der Waals surface area contributed by atoms with E-state index in [2.05, 4.69) is 24.8 Å². The van der Waals surface area contributed by atoms with Crippen LogP contribution in [0.25, 0.3) is 0 Å². The van der Waals surface area contributed by atoms with Gasteiger partial charge in [-0.25, -0.2) is 0 Å². The Morgan fingerprint density at radius 1 is 1.21 bits per heavy atom. The van der Waals surface area contributed by atoms with Gasteiger partial charge in [-0.2, -0.15) is 0 Å². The van der Waals surface area contributed by atoms with E-state index < -0.39 is 18.3 Å². The molecule has 3 atom stereocenters. The topological polar surface area (TPSA) is 91.7 Å². The molecule has 0 radical (unpaired) electrons. The minimum atomic E-state index is -1.13. The molecule has 1 fully saturated rings. The Bertz CT molecular complexity index is 716. The molecule has 1 amide bonds. The van der Waals surface area contributed by atoms with E-state index in [1.54, 1.807) is 12.0 Å². The number of aliphatic hydroxyl groups excluding tert-OH is 2. The van der Waals surface area contributed by atoms with Crippen LogP contribution in [-0.2, 0) is 20.8 Å². The zero-order valence-electron chi connectivity index (χ0n) is 21.3. The third kappa shape index (κ3) is 10.3. The van der Waals surface area contributed by atoms with Crippen molar-refractivity contribution in [3.63, 3.8) is 0 Å². The Labute approximate surface area is 204 Å². The summed E-state index contributed by atoms with van der Waals surface area (Å²) in [7, 11) is 1.66. The zero-order chi connectivity index (χ0) is 24.9. The predicted octanol–water partition coefficient (Wildman–Crippen LogP) is 2.31. The van der Waals surface area contributed by atoms with Crippen LogP contribution in [0.1, 0.15) is 45.6 Å². The van der Waals surface area contributed by atoms with E-state index in [4.69, 9.17) is 14.2 Å². The third-order valence-electron chi connectivity index (χ3n) is 6.18. The second-order valence-electron chi connectivity index (χ2n) is 9.52. The maximum absolute atomic E-state index is 12.5. The van der Waals surface area contributed by atoms with E-state index in [-0.39, 0.29) is 19.1 Å². The molecule has 0 aromatic heterocycles. The number of methoxy groups -OCH3 is 1. The van der Waals surface area contributed by atoms with Crippen molar-refractivity contribution in [1.82, 2.24) is 9.80 Å². The first-order chi connectivity index (χ1) is 16.3. The predicted molar refractivity (Wildman–Crippen MR) is 132 cm³/mol. The van der Waals surface area contributed by atoms with Crippen LogP contribution in [0.2, 0.25) is 0 Å². The minimum absolute atomic E-state index is 0.0405. The highest BCUT2D eigenvalue weighted by atomic mass is 16.5. The molecule has 1 heterocycles. The van der Waals surface area contributed by atoms with Crippen LogP contribution >= 0.6 is 0 Å². The lowest BCUT2D eigenvalue weighted by atomic mass is 10.1. The molecule has 0 spiro atoms. The van der Waals surface area contributed by atoms with Crippen LogP contribution in [0.4, 0.5) is 0 Å². The summed E-state index contributed by atoms with van der Waals surface area (Å²) in [5, 5.41) is 21.3. The van der Waals surface area contributed by atoms with E-state index >= 15 is 0 Å². The highest BCUT2D eigenvalue weighted by Crippen LogP contribution is 2.16. The van der Waals surface area contributed by atoms with Gasteiger partial charge in [-0.3, -0.25) is 9.69 Å². The van der Waals surface area contributed by atoms with Gasteiger partial charge in [0.25, 0.3) is 0 Å². The third-order valence-corrected chi connectivity index (χ3v) is 6.18. The quantitative estimate of drug-likeness (QED) is 0.619. The van der Waals surface area contributed by atoms with Crippen LogP contribution in [-0.4, -0.2) is 97.3 Å². The summed E-state index contributed by atoms with van der Waals surface area (Å²) >= 11 is 0. The smallest absolute Gasteiger partial charge is 0.219 e. The van der Waals surface area contributed by atoms with E-state index in [0.717, 1.165) is 43.7 Å². The number of carbonyl (C=O) groups excluding carboxylic acids is 1. The average Bonchev–Trinajstić information content (AvgIpc) is 2.80. The van der Waals surface area contributed by atoms with Gasteiger partial charge in [0.15, 0.2) is 0 Å². The molecule has 0 unspecified atom stereocenters. The lowest BCUT2D eigenvalue weighted by Gasteiger charge is -2.33. The summed E-state index contributed by atoms with van der Waals surface area (Å²) < 4.78 is 17.0. The van der Waals surface area contributed by atoms with Crippen molar-refractivity contribution in [3.05, 3.63) is 29.8 Å². The molecule has 34 heavy (non-hydrogen) atoms. The fraction of sp³-hybridized carbons (Fsp3) is 0.731. The molecule has 1 aliphatic heterocycles. The molecule has 0 saturated carbocycles. The molecule has 2 rings (SSSR count). The molecule has 0 bridgehead atoms. The zero-order valence-corrected chi connectivity index (χ0v) is 21.3. The number of rotatable bonds is 7. The first-order valence-electron chi connectivity index (χ1n) is 12.5. The Morgan fingerprint density at radius 3 is 2.71 bits per heavy atom. The molecule has 1 aromatic carbocycles. The van der Waals surface area contributed by atoms with Gasteiger partial charge >= 0.3 is 0 Å². The van der Waals surface area contributed by atoms with Crippen molar-refractivity contribution in [2.24, 2.45) is 5.92 Å². The summed E-state index contributed by atoms with van der Waals surface area (Å²) in [6.07, 6.45) is -0.262. The van der Waals surface area contributed by atoms with Crippen molar-refractivity contribution in [2.75, 3.05) is 53.1 Å². The van der Waals surface area contributed by atoms with Crippen molar-refractivity contribution < 1.29 is 29.2 Å². The number of benzene rings is 1. The number of hydrogen-bond acceptors (Lipinski definition) is 7. The second-order valence-corrected chi connectivity index (χ2v) is 9.52. The number of nitrogens with zero attached hydrogens (tertiary/aromatic N) is 2. The first-order valence-corrected chi connectivity index (χ1v) is 12.5. The molecular weight excluding hydrogens is 436 g/mol. The highest BCUT2D eigenvalue weighted by molar-refractivity contribution is 5.73. The SMILES string of the molecule is COc1cccc(CN2CCCCOC[C@@H](O)[C@@H](O)[C@H](OCCC(C)C)CN(C(C)=O)CC2)c1. The Kier molecular flexibility index (Phi) is 12.9. The maximum Gasteiger partial charge on any atom is 0.219 e. The number of ether oxygens (including phenoxy) is 3.